The smallest absolute Gasteiger partial charge is 0.238 e. The van der Waals surface area contributed by atoms with E-state index in [2.05, 4.69) is 20.5 Å². The number of amides is 1. The summed E-state index contributed by atoms with van der Waals surface area (Å²) in [7, 11) is 0. The highest BCUT2D eigenvalue weighted by Gasteiger charge is 2.28. The largest absolute Gasteiger partial charge is 0.355 e. The van der Waals surface area contributed by atoms with E-state index >= 15 is 0 Å². The van der Waals surface area contributed by atoms with Crippen molar-refractivity contribution in [3.05, 3.63) is 30.1 Å². The summed E-state index contributed by atoms with van der Waals surface area (Å²) in [5.74, 6) is 0.0978. The highest BCUT2D eigenvalue weighted by atomic mass is 16.2. The summed E-state index contributed by atoms with van der Waals surface area (Å²) < 4.78 is 0. The van der Waals surface area contributed by atoms with Crippen LogP contribution in [0.4, 0.5) is 0 Å². The normalized spacial score (nSPS) is 20.6. The first-order valence-electron chi connectivity index (χ1n) is 6.43. The Morgan fingerprint density at radius 2 is 2.50 bits per heavy atom. The number of hydrogen-bond acceptors (Lipinski definition) is 4. The summed E-state index contributed by atoms with van der Waals surface area (Å²) >= 11 is 0. The number of nitrogens with one attached hydrogen (secondary N) is 2. The molecule has 0 aliphatic carbocycles. The van der Waals surface area contributed by atoms with Gasteiger partial charge in [-0.05, 0) is 19.1 Å². The quantitative estimate of drug-likeness (QED) is 0.787. The molecule has 1 aliphatic heterocycles. The van der Waals surface area contributed by atoms with Gasteiger partial charge in [0.25, 0.3) is 0 Å². The van der Waals surface area contributed by atoms with Gasteiger partial charge in [0.2, 0.25) is 5.91 Å². The lowest BCUT2D eigenvalue weighted by atomic mass is 10.1. The number of pyridine rings is 1. The Morgan fingerprint density at radius 3 is 3.22 bits per heavy atom. The van der Waals surface area contributed by atoms with Crippen molar-refractivity contribution in [3.8, 4) is 0 Å². The zero-order valence-corrected chi connectivity index (χ0v) is 10.7. The lowest BCUT2D eigenvalue weighted by molar-refractivity contribution is -0.127. The van der Waals surface area contributed by atoms with Crippen molar-refractivity contribution in [2.24, 2.45) is 0 Å². The number of rotatable bonds is 4. The molecule has 2 heterocycles. The second-order valence-corrected chi connectivity index (χ2v) is 4.41. The summed E-state index contributed by atoms with van der Waals surface area (Å²) in [5, 5.41) is 6.16. The zero-order chi connectivity index (χ0) is 12.8. The Bertz CT molecular complexity index is 382. The summed E-state index contributed by atoms with van der Waals surface area (Å²) in [5.41, 5.74) is 1.01. The van der Waals surface area contributed by atoms with Crippen LogP contribution in [0.25, 0.3) is 0 Å². The van der Waals surface area contributed by atoms with E-state index in [9.17, 15) is 4.79 Å². The summed E-state index contributed by atoms with van der Waals surface area (Å²) in [6.07, 6.45) is 1.79. The lowest BCUT2D eigenvalue weighted by Crippen LogP contribution is -2.57. The molecule has 1 aromatic rings. The Morgan fingerprint density at radius 1 is 1.61 bits per heavy atom. The Labute approximate surface area is 108 Å². The Kier molecular flexibility index (Phi) is 4.66. The van der Waals surface area contributed by atoms with Gasteiger partial charge in [-0.1, -0.05) is 6.07 Å². The van der Waals surface area contributed by atoms with Gasteiger partial charge in [-0.2, -0.15) is 0 Å². The van der Waals surface area contributed by atoms with Crippen LogP contribution in [0.1, 0.15) is 12.6 Å². The molecule has 0 aromatic carbocycles. The van der Waals surface area contributed by atoms with Crippen molar-refractivity contribution in [1.29, 1.82) is 0 Å². The minimum absolute atomic E-state index is 0.0966. The predicted molar refractivity (Wildman–Crippen MR) is 70.0 cm³/mol. The van der Waals surface area contributed by atoms with Crippen LogP contribution < -0.4 is 10.6 Å². The van der Waals surface area contributed by atoms with Crippen molar-refractivity contribution in [2.45, 2.75) is 19.5 Å². The topological polar surface area (TPSA) is 57.3 Å². The molecule has 18 heavy (non-hydrogen) atoms. The van der Waals surface area contributed by atoms with Gasteiger partial charge in [-0.3, -0.25) is 14.7 Å². The van der Waals surface area contributed by atoms with E-state index in [1.54, 1.807) is 6.20 Å². The zero-order valence-electron chi connectivity index (χ0n) is 10.7. The molecule has 2 N–H and O–H groups in total. The van der Waals surface area contributed by atoms with Gasteiger partial charge < -0.3 is 10.6 Å². The van der Waals surface area contributed by atoms with Gasteiger partial charge >= 0.3 is 0 Å². The Balaban J connectivity index is 2.01. The molecule has 5 heteroatoms. The average molecular weight is 248 g/mol. The molecule has 0 spiro atoms. The second kappa shape index (κ2) is 6.47. The molecule has 1 atom stereocenters. The maximum Gasteiger partial charge on any atom is 0.238 e. The third kappa shape index (κ3) is 3.27. The van der Waals surface area contributed by atoms with Crippen LogP contribution in [-0.2, 0) is 11.3 Å². The summed E-state index contributed by atoms with van der Waals surface area (Å²) in [4.78, 5) is 18.5. The first-order chi connectivity index (χ1) is 8.81. The fourth-order valence-electron chi connectivity index (χ4n) is 2.19. The predicted octanol–water partition coefficient (Wildman–Crippen LogP) is -0.00850. The molecular weight excluding hydrogens is 228 g/mol. The van der Waals surface area contributed by atoms with Crippen molar-refractivity contribution >= 4 is 5.91 Å². The lowest BCUT2D eigenvalue weighted by Gasteiger charge is -2.34. The number of aromatic nitrogens is 1. The van der Waals surface area contributed by atoms with Gasteiger partial charge in [-0.25, -0.2) is 0 Å². The fourth-order valence-corrected chi connectivity index (χ4v) is 2.19. The molecule has 1 aliphatic rings. The van der Waals surface area contributed by atoms with Crippen LogP contribution in [0.15, 0.2) is 24.4 Å². The maximum atomic E-state index is 12.0. The number of carbonyl (C=O) groups excluding carboxylic acids is 1. The van der Waals surface area contributed by atoms with Crippen molar-refractivity contribution in [2.75, 3.05) is 26.2 Å². The minimum atomic E-state index is -0.0966. The molecule has 5 nitrogen and oxygen atoms in total. The van der Waals surface area contributed by atoms with Crippen molar-refractivity contribution in [1.82, 2.24) is 20.5 Å². The SMILES string of the molecule is CCNC(=O)C1CNCCN1Cc1ccccn1. The van der Waals surface area contributed by atoms with Crippen LogP contribution in [0.2, 0.25) is 0 Å². The number of nitrogens with zero attached hydrogens (tertiary/aromatic N) is 2. The molecule has 98 valence electrons. The van der Waals surface area contributed by atoms with E-state index in [4.69, 9.17) is 0 Å². The number of likely N-dealkylation sites (N-methyl/N-ethyl adjacent to an activating group) is 1. The molecule has 0 radical (unpaired) electrons. The van der Waals surface area contributed by atoms with E-state index < -0.39 is 0 Å². The number of hydrogen-bond donors (Lipinski definition) is 2. The highest BCUT2D eigenvalue weighted by Crippen LogP contribution is 2.08. The van der Waals surface area contributed by atoms with E-state index in [0.29, 0.717) is 13.1 Å². The Hall–Kier alpha value is -1.46. The molecule has 1 amide bonds. The molecule has 1 unspecified atom stereocenters. The van der Waals surface area contributed by atoms with E-state index in [1.807, 2.05) is 25.1 Å². The van der Waals surface area contributed by atoms with Crippen LogP contribution in [-0.4, -0.2) is 48.0 Å². The third-order valence-corrected chi connectivity index (χ3v) is 3.10. The molecule has 1 fully saturated rings. The minimum Gasteiger partial charge on any atom is -0.355 e. The van der Waals surface area contributed by atoms with Crippen molar-refractivity contribution < 1.29 is 4.79 Å². The average Bonchev–Trinajstić information content (AvgIpc) is 2.41. The molecule has 0 bridgehead atoms. The van der Waals surface area contributed by atoms with Gasteiger partial charge in [0.05, 0.1) is 5.69 Å². The molecule has 1 aromatic heterocycles. The van der Waals surface area contributed by atoms with Crippen LogP contribution in [0, 0.1) is 0 Å². The first-order valence-corrected chi connectivity index (χ1v) is 6.43. The molecule has 2 rings (SSSR count). The standard InChI is InChI=1S/C13H20N4O/c1-2-15-13(18)12-9-14-7-8-17(12)10-11-5-3-4-6-16-11/h3-6,12,14H,2,7-10H2,1H3,(H,15,18). The third-order valence-electron chi connectivity index (χ3n) is 3.10. The van der Waals surface area contributed by atoms with E-state index in [1.165, 1.54) is 0 Å². The molecule has 1 saturated heterocycles. The first kappa shape index (κ1) is 13.0. The van der Waals surface area contributed by atoms with Crippen molar-refractivity contribution in [3.63, 3.8) is 0 Å². The maximum absolute atomic E-state index is 12.0. The van der Waals surface area contributed by atoms with Gasteiger partial charge in [0.1, 0.15) is 6.04 Å². The summed E-state index contributed by atoms with van der Waals surface area (Å²) in [6, 6.07) is 5.78. The van der Waals surface area contributed by atoms with Gasteiger partial charge in [0.15, 0.2) is 0 Å². The fraction of sp³-hybridized carbons (Fsp3) is 0.538. The van der Waals surface area contributed by atoms with Crippen LogP contribution >= 0.6 is 0 Å². The number of carbonyl (C=O) groups is 1. The highest BCUT2D eigenvalue weighted by molar-refractivity contribution is 5.82. The second-order valence-electron chi connectivity index (χ2n) is 4.41. The van der Waals surface area contributed by atoms with Crippen LogP contribution in [0.5, 0.6) is 0 Å². The molecular formula is C13H20N4O. The van der Waals surface area contributed by atoms with Gasteiger partial charge in [0, 0.05) is 38.9 Å². The molecule has 0 saturated carbocycles. The van der Waals surface area contributed by atoms with Crippen LogP contribution in [0.3, 0.4) is 0 Å². The van der Waals surface area contributed by atoms with E-state index in [-0.39, 0.29) is 11.9 Å². The van der Waals surface area contributed by atoms with Gasteiger partial charge in [-0.15, -0.1) is 0 Å². The van der Waals surface area contributed by atoms with E-state index in [0.717, 1.165) is 25.3 Å². The number of piperazine rings is 1. The summed E-state index contributed by atoms with van der Waals surface area (Å²) in [6.45, 7) is 5.84. The monoisotopic (exact) mass is 248 g/mol.